The van der Waals surface area contributed by atoms with Crippen molar-refractivity contribution in [2.45, 2.75) is 50.8 Å². The number of morpholine rings is 1. The number of carbonyl (C=O) groups is 1. The SMILES string of the molecule is C[C@H](CC(=O)N1CCC(O)(Cn2cnc3c(-c4ccc(CN5CCOCC5)cc4)n(C)nc3c2=O)CC1)c1ccccc1. The van der Waals surface area contributed by atoms with E-state index in [2.05, 4.69) is 46.2 Å². The van der Waals surface area contributed by atoms with Gasteiger partial charge in [-0.05, 0) is 29.9 Å². The Kier molecular flexibility index (Phi) is 8.43. The minimum atomic E-state index is -1.10. The number of benzene rings is 2. The lowest BCUT2D eigenvalue weighted by molar-refractivity contribution is -0.136. The highest BCUT2D eigenvalue weighted by atomic mass is 16.5. The zero-order valence-electron chi connectivity index (χ0n) is 25.0. The molecule has 0 aliphatic carbocycles. The lowest BCUT2D eigenvalue weighted by Gasteiger charge is -2.38. The zero-order valence-corrected chi connectivity index (χ0v) is 25.0. The molecule has 6 rings (SSSR count). The van der Waals surface area contributed by atoms with Crippen LogP contribution in [0.3, 0.4) is 0 Å². The first kappa shape index (κ1) is 29.2. The number of hydrogen-bond donors (Lipinski definition) is 1. The summed E-state index contributed by atoms with van der Waals surface area (Å²) >= 11 is 0. The first-order valence-corrected chi connectivity index (χ1v) is 15.2. The largest absolute Gasteiger partial charge is 0.388 e. The normalized spacial score (nSPS) is 18.2. The van der Waals surface area contributed by atoms with E-state index >= 15 is 0 Å². The van der Waals surface area contributed by atoms with E-state index in [1.165, 1.54) is 16.5 Å². The minimum absolute atomic E-state index is 0.0915. The highest BCUT2D eigenvalue weighted by Gasteiger charge is 2.35. The highest BCUT2D eigenvalue weighted by Crippen LogP contribution is 2.28. The summed E-state index contributed by atoms with van der Waals surface area (Å²) in [7, 11) is 1.82. The molecular formula is C33H40N6O4. The van der Waals surface area contributed by atoms with Crippen molar-refractivity contribution in [3.05, 3.63) is 82.4 Å². The standard InChI is InChI=1S/C33H40N6O4/c1-24(26-6-4-3-5-7-26)20-28(40)38-14-12-33(42,13-15-38)22-39-23-34-29-30(32(39)41)35-36(2)31(29)27-10-8-25(9-11-27)21-37-16-18-43-19-17-37/h3-11,23-24,42H,12-22H2,1-2H3/t24-/m1/s1. The van der Waals surface area contributed by atoms with Crippen molar-refractivity contribution < 1.29 is 14.6 Å². The number of piperidine rings is 1. The molecule has 0 unspecified atom stereocenters. The monoisotopic (exact) mass is 584 g/mol. The molecule has 0 bridgehead atoms. The van der Waals surface area contributed by atoms with Crippen molar-refractivity contribution in [2.24, 2.45) is 7.05 Å². The summed E-state index contributed by atoms with van der Waals surface area (Å²) < 4.78 is 8.61. The second-order valence-corrected chi connectivity index (χ2v) is 12.1. The first-order chi connectivity index (χ1) is 20.8. The number of aliphatic hydroxyl groups is 1. The topological polar surface area (TPSA) is 106 Å². The van der Waals surface area contributed by atoms with Crippen LogP contribution in [0.1, 0.15) is 43.2 Å². The van der Waals surface area contributed by atoms with Crippen molar-refractivity contribution >= 4 is 16.9 Å². The molecule has 226 valence electrons. The molecule has 0 saturated carbocycles. The molecular weight excluding hydrogens is 544 g/mol. The quantitative estimate of drug-likeness (QED) is 0.339. The Morgan fingerprint density at radius 2 is 1.70 bits per heavy atom. The van der Waals surface area contributed by atoms with Crippen LogP contribution in [0.15, 0.2) is 65.7 Å². The average molecular weight is 585 g/mol. The third-order valence-electron chi connectivity index (χ3n) is 8.91. The Hall–Kier alpha value is -3.86. The van der Waals surface area contributed by atoms with E-state index in [0.717, 1.165) is 49.7 Å². The number of carbonyl (C=O) groups excluding carboxylic acids is 1. The molecule has 0 spiro atoms. The van der Waals surface area contributed by atoms with E-state index in [9.17, 15) is 14.7 Å². The van der Waals surface area contributed by atoms with Gasteiger partial charge in [-0.2, -0.15) is 5.10 Å². The molecule has 2 saturated heterocycles. The number of nitrogens with zero attached hydrogens (tertiary/aromatic N) is 6. The number of aryl methyl sites for hydroxylation is 1. The lowest BCUT2D eigenvalue weighted by Crippen LogP contribution is -2.49. The summed E-state index contributed by atoms with van der Waals surface area (Å²) in [6.45, 7) is 7.37. The predicted octanol–water partition coefficient (Wildman–Crippen LogP) is 3.18. The zero-order chi connectivity index (χ0) is 30.0. The second kappa shape index (κ2) is 12.4. The van der Waals surface area contributed by atoms with Gasteiger partial charge in [0.05, 0.1) is 37.4 Å². The van der Waals surface area contributed by atoms with Crippen LogP contribution in [-0.4, -0.2) is 85.1 Å². The molecule has 1 amide bonds. The van der Waals surface area contributed by atoms with Crippen LogP contribution in [-0.2, 0) is 29.7 Å². The molecule has 4 heterocycles. The van der Waals surface area contributed by atoms with Crippen LogP contribution in [0.4, 0.5) is 0 Å². The fraction of sp³-hybridized carbons (Fsp3) is 0.455. The van der Waals surface area contributed by atoms with Gasteiger partial charge in [0.2, 0.25) is 5.91 Å². The maximum absolute atomic E-state index is 13.5. The molecule has 4 aromatic rings. The molecule has 2 fully saturated rings. The molecule has 10 heteroatoms. The van der Waals surface area contributed by atoms with Gasteiger partial charge >= 0.3 is 0 Å². The fourth-order valence-electron chi connectivity index (χ4n) is 6.25. The van der Waals surface area contributed by atoms with Crippen LogP contribution in [0, 0.1) is 0 Å². The fourth-order valence-corrected chi connectivity index (χ4v) is 6.25. The Bertz CT molecular complexity index is 1620. The third kappa shape index (κ3) is 6.41. The summed E-state index contributed by atoms with van der Waals surface area (Å²) in [5, 5.41) is 15.9. The van der Waals surface area contributed by atoms with Crippen molar-refractivity contribution in [1.82, 2.24) is 29.1 Å². The second-order valence-electron chi connectivity index (χ2n) is 12.1. The maximum Gasteiger partial charge on any atom is 0.281 e. The lowest BCUT2D eigenvalue weighted by atomic mass is 9.90. The van der Waals surface area contributed by atoms with Gasteiger partial charge in [-0.15, -0.1) is 0 Å². The van der Waals surface area contributed by atoms with Gasteiger partial charge in [0.25, 0.3) is 5.56 Å². The summed E-state index contributed by atoms with van der Waals surface area (Å²) in [6.07, 6.45) is 2.74. The minimum Gasteiger partial charge on any atom is -0.388 e. The van der Waals surface area contributed by atoms with Crippen LogP contribution in [0.25, 0.3) is 22.3 Å². The van der Waals surface area contributed by atoms with Crippen LogP contribution in [0.5, 0.6) is 0 Å². The van der Waals surface area contributed by atoms with E-state index in [0.29, 0.717) is 37.9 Å². The molecule has 0 radical (unpaired) electrons. The molecule has 43 heavy (non-hydrogen) atoms. The van der Waals surface area contributed by atoms with Crippen molar-refractivity contribution in [1.29, 1.82) is 0 Å². The molecule has 2 aromatic carbocycles. The van der Waals surface area contributed by atoms with Gasteiger partial charge in [-0.1, -0.05) is 61.5 Å². The Balaban J connectivity index is 1.11. The third-order valence-corrected chi connectivity index (χ3v) is 8.91. The smallest absolute Gasteiger partial charge is 0.281 e. The van der Waals surface area contributed by atoms with Gasteiger partial charge < -0.3 is 14.7 Å². The summed E-state index contributed by atoms with van der Waals surface area (Å²) in [5.74, 6) is 0.219. The van der Waals surface area contributed by atoms with E-state index in [-0.39, 0.29) is 29.4 Å². The van der Waals surface area contributed by atoms with Crippen LogP contribution in [0.2, 0.25) is 0 Å². The van der Waals surface area contributed by atoms with Gasteiger partial charge in [-0.3, -0.25) is 23.7 Å². The number of hydrogen-bond acceptors (Lipinski definition) is 7. The summed E-state index contributed by atoms with van der Waals surface area (Å²) in [5.41, 5.74) is 3.54. The summed E-state index contributed by atoms with van der Waals surface area (Å²) in [6, 6.07) is 18.4. The van der Waals surface area contributed by atoms with Crippen LogP contribution >= 0.6 is 0 Å². The Morgan fingerprint density at radius 1 is 1.00 bits per heavy atom. The van der Waals surface area contributed by atoms with E-state index in [1.54, 1.807) is 4.68 Å². The molecule has 1 atom stereocenters. The molecule has 2 aliphatic rings. The highest BCUT2D eigenvalue weighted by molar-refractivity contribution is 5.89. The number of fused-ring (bicyclic) bond motifs is 1. The summed E-state index contributed by atoms with van der Waals surface area (Å²) in [4.78, 5) is 35.3. The van der Waals surface area contributed by atoms with Crippen molar-refractivity contribution in [3.63, 3.8) is 0 Å². The van der Waals surface area contributed by atoms with E-state index < -0.39 is 5.60 Å². The van der Waals surface area contributed by atoms with Crippen LogP contribution < -0.4 is 5.56 Å². The average Bonchev–Trinajstić information content (AvgIpc) is 3.36. The number of ether oxygens (including phenoxy) is 1. The number of likely N-dealkylation sites (tertiary alicyclic amines) is 1. The Morgan fingerprint density at radius 3 is 2.40 bits per heavy atom. The molecule has 2 aliphatic heterocycles. The van der Waals surface area contributed by atoms with Gasteiger partial charge in [-0.25, -0.2) is 4.98 Å². The number of rotatable bonds is 8. The van der Waals surface area contributed by atoms with Crippen molar-refractivity contribution in [3.8, 4) is 11.3 Å². The van der Waals surface area contributed by atoms with Crippen molar-refractivity contribution in [2.75, 3.05) is 39.4 Å². The van der Waals surface area contributed by atoms with Gasteiger partial charge in [0.1, 0.15) is 5.52 Å². The van der Waals surface area contributed by atoms with E-state index in [4.69, 9.17) is 4.74 Å². The molecule has 1 N–H and O–H groups in total. The van der Waals surface area contributed by atoms with Gasteiger partial charge in [0, 0.05) is 51.8 Å². The number of aromatic nitrogens is 4. The molecule has 10 nitrogen and oxygen atoms in total. The Labute approximate surface area is 251 Å². The van der Waals surface area contributed by atoms with E-state index in [1.807, 2.05) is 42.3 Å². The predicted molar refractivity (Wildman–Crippen MR) is 165 cm³/mol. The maximum atomic E-state index is 13.5. The van der Waals surface area contributed by atoms with Gasteiger partial charge in [0.15, 0.2) is 5.52 Å². The first-order valence-electron chi connectivity index (χ1n) is 15.2. The number of amides is 1. The molecule has 2 aromatic heterocycles.